The van der Waals surface area contributed by atoms with Crippen LogP contribution < -0.4 is 5.73 Å². The van der Waals surface area contributed by atoms with Crippen molar-refractivity contribution in [3.63, 3.8) is 0 Å². The molecule has 5 nitrogen and oxygen atoms in total. The van der Waals surface area contributed by atoms with Crippen LogP contribution in [0.25, 0.3) is 0 Å². The van der Waals surface area contributed by atoms with Gasteiger partial charge in [-0.05, 0) is 18.9 Å². The van der Waals surface area contributed by atoms with Gasteiger partial charge in [-0.15, -0.1) is 0 Å². The Labute approximate surface area is 82.5 Å². The SMILES string of the molecule is Nc1ccn(CC(=O)N2CCCC2)n1. The normalized spacial score (nSPS) is 16.1. The lowest BCUT2D eigenvalue weighted by Crippen LogP contribution is -2.31. The number of likely N-dealkylation sites (tertiary alicyclic amines) is 1. The van der Waals surface area contributed by atoms with Crippen molar-refractivity contribution < 1.29 is 4.79 Å². The molecule has 0 bridgehead atoms. The van der Waals surface area contributed by atoms with Crippen LogP contribution in [-0.2, 0) is 11.3 Å². The van der Waals surface area contributed by atoms with E-state index < -0.39 is 0 Å². The Morgan fingerprint density at radius 3 is 2.79 bits per heavy atom. The summed E-state index contributed by atoms with van der Waals surface area (Å²) in [6.45, 7) is 2.07. The first-order valence-corrected chi connectivity index (χ1v) is 4.82. The standard InChI is InChI=1S/C9H14N4O/c10-8-3-6-13(11-8)7-9(14)12-4-1-2-5-12/h3,6H,1-2,4-5,7H2,(H2,10,11). The molecule has 0 unspecified atom stereocenters. The Hall–Kier alpha value is -1.52. The molecule has 1 aliphatic rings. The highest BCUT2D eigenvalue weighted by Crippen LogP contribution is 2.08. The van der Waals surface area contributed by atoms with Gasteiger partial charge in [0.15, 0.2) is 0 Å². The number of hydrogen-bond donors (Lipinski definition) is 1. The van der Waals surface area contributed by atoms with Crippen LogP contribution in [0.1, 0.15) is 12.8 Å². The lowest BCUT2D eigenvalue weighted by Gasteiger charge is -2.14. The fraction of sp³-hybridized carbons (Fsp3) is 0.556. The van der Waals surface area contributed by atoms with E-state index in [4.69, 9.17) is 5.73 Å². The predicted molar refractivity (Wildman–Crippen MR) is 52.5 cm³/mol. The first-order valence-electron chi connectivity index (χ1n) is 4.82. The Morgan fingerprint density at radius 2 is 2.21 bits per heavy atom. The second-order valence-electron chi connectivity index (χ2n) is 3.53. The van der Waals surface area contributed by atoms with E-state index in [9.17, 15) is 4.79 Å². The molecular weight excluding hydrogens is 180 g/mol. The number of amides is 1. The minimum Gasteiger partial charge on any atom is -0.382 e. The summed E-state index contributed by atoms with van der Waals surface area (Å²) >= 11 is 0. The summed E-state index contributed by atoms with van der Waals surface area (Å²) in [5, 5.41) is 3.97. The Morgan fingerprint density at radius 1 is 1.50 bits per heavy atom. The van der Waals surface area contributed by atoms with Crippen molar-refractivity contribution in [1.82, 2.24) is 14.7 Å². The van der Waals surface area contributed by atoms with Gasteiger partial charge in [0.2, 0.25) is 5.91 Å². The summed E-state index contributed by atoms with van der Waals surface area (Å²) in [6.07, 6.45) is 3.96. The van der Waals surface area contributed by atoms with Crippen LogP contribution in [0.3, 0.4) is 0 Å². The molecule has 1 aromatic heterocycles. The highest BCUT2D eigenvalue weighted by Gasteiger charge is 2.17. The minimum atomic E-state index is 0.130. The maximum atomic E-state index is 11.6. The van der Waals surface area contributed by atoms with Crippen LogP contribution in [0.2, 0.25) is 0 Å². The third-order valence-electron chi connectivity index (χ3n) is 2.42. The van der Waals surface area contributed by atoms with Gasteiger partial charge in [-0.1, -0.05) is 0 Å². The maximum Gasteiger partial charge on any atom is 0.244 e. The van der Waals surface area contributed by atoms with E-state index in [1.807, 2.05) is 4.90 Å². The summed E-state index contributed by atoms with van der Waals surface area (Å²) < 4.78 is 1.58. The first kappa shape index (κ1) is 9.05. The number of anilines is 1. The number of aromatic nitrogens is 2. The molecule has 0 aromatic carbocycles. The molecule has 5 heteroatoms. The van der Waals surface area contributed by atoms with Crippen LogP contribution in [0.15, 0.2) is 12.3 Å². The van der Waals surface area contributed by atoms with E-state index >= 15 is 0 Å². The van der Waals surface area contributed by atoms with Gasteiger partial charge in [-0.25, -0.2) is 0 Å². The van der Waals surface area contributed by atoms with Crippen molar-refractivity contribution in [2.45, 2.75) is 19.4 Å². The molecule has 14 heavy (non-hydrogen) atoms. The van der Waals surface area contributed by atoms with Gasteiger partial charge in [0.1, 0.15) is 12.4 Å². The van der Waals surface area contributed by atoms with Crippen LogP contribution in [0, 0.1) is 0 Å². The van der Waals surface area contributed by atoms with E-state index in [2.05, 4.69) is 5.10 Å². The molecule has 2 heterocycles. The zero-order chi connectivity index (χ0) is 9.97. The molecule has 76 valence electrons. The summed E-state index contributed by atoms with van der Waals surface area (Å²) in [4.78, 5) is 13.5. The summed E-state index contributed by atoms with van der Waals surface area (Å²) in [6, 6.07) is 1.69. The Balaban J connectivity index is 1.93. The van der Waals surface area contributed by atoms with E-state index in [1.165, 1.54) is 0 Å². The van der Waals surface area contributed by atoms with E-state index in [0.717, 1.165) is 25.9 Å². The molecule has 0 spiro atoms. The quantitative estimate of drug-likeness (QED) is 0.725. The van der Waals surface area contributed by atoms with Gasteiger partial charge < -0.3 is 10.6 Å². The topological polar surface area (TPSA) is 64.2 Å². The third kappa shape index (κ3) is 1.86. The van der Waals surface area contributed by atoms with Crippen LogP contribution in [0.5, 0.6) is 0 Å². The lowest BCUT2D eigenvalue weighted by molar-refractivity contribution is -0.130. The molecule has 2 rings (SSSR count). The first-order chi connectivity index (χ1) is 6.75. The number of nitrogens with two attached hydrogens (primary N) is 1. The van der Waals surface area contributed by atoms with Crippen molar-refractivity contribution in [2.24, 2.45) is 0 Å². The van der Waals surface area contributed by atoms with Crippen LogP contribution in [-0.4, -0.2) is 33.7 Å². The fourth-order valence-corrected chi connectivity index (χ4v) is 1.67. The van der Waals surface area contributed by atoms with Gasteiger partial charge >= 0.3 is 0 Å². The highest BCUT2D eigenvalue weighted by atomic mass is 16.2. The molecule has 1 saturated heterocycles. The Bertz CT molecular complexity index is 327. The number of rotatable bonds is 2. The molecule has 2 N–H and O–H groups in total. The number of nitrogens with zero attached hydrogens (tertiary/aromatic N) is 3. The van der Waals surface area contributed by atoms with E-state index in [-0.39, 0.29) is 5.91 Å². The van der Waals surface area contributed by atoms with Gasteiger partial charge in [-0.3, -0.25) is 9.48 Å². The van der Waals surface area contributed by atoms with Crippen molar-refractivity contribution in [2.75, 3.05) is 18.8 Å². The summed E-state index contributed by atoms with van der Waals surface area (Å²) in [7, 11) is 0. The molecule has 0 atom stereocenters. The van der Waals surface area contributed by atoms with Gasteiger partial charge in [0, 0.05) is 19.3 Å². The fourth-order valence-electron chi connectivity index (χ4n) is 1.67. The Kier molecular flexibility index (Phi) is 2.39. The second-order valence-corrected chi connectivity index (χ2v) is 3.53. The van der Waals surface area contributed by atoms with E-state index in [1.54, 1.807) is 16.9 Å². The average Bonchev–Trinajstić information content (AvgIpc) is 2.75. The lowest BCUT2D eigenvalue weighted by atomic mass is 10.4. The molecule has 0 saturated carbocycles. The number of carbonyl (C=O) groups excluding carboxylic acids is 1. The van der Waals surface area contributed by atoms with Gasteiger partial charge in [-0.2, -0.15) is 5.10 Å². The monoisotopic (exact) mass is 194 g/mol. The number of nitrogen functional groups attached to an aromatic ring is 1. The summed E-state index contributed by atoms with van der Waals surface area (Å²) in [5.74, 6) is 0.588. The molecule has 1 aliphatic heterocycles. The van der Waals surface area contributed by atoms with Crippen molar-refractivity contribution in [3.8, 4) is 0 Å². The molecular formula is C9H14N4O. The zero-order valence-electron chi connectivity index (χ0n) is 8.02. The van der Waals surface area contributed by atoms with Gasteiger partial charge in [0.25, 0.3) is 0 Å². The maximum absolute atomic E-state index is 11.6. The summed E-state index contributed by atoms with van der Waals surface area (Å²) in [5.41, 5.74) is 5.45. The molecule has 1 fully saturated rings. The second kappa shape index (κ2) is 3.69. The molecule has 1 aromatic rings. The third-order valence-corrected chi connectivity index (χ3v) is 2.42. The number of hydrogen-bond acceptors (Lipinski definition) is 3. The largest absolute Gasteiger partial charge is 0.382 e. The minimum absolute atomic E-state index is 0.130. The smallest absolute Gasteiger partial charge is 0.244 e. The zero-order valence-corrected chi connectivity index (χ0v) is 8.02. The molecule has 1 amide bonds. The highest BCUT2D eigenvalue weighted by molar-refractivity contribution is 5.76. The van der Waals surface area contributed by atoms with Crippen LogP contribution in [0.4, 0.5) is 5.82 Å². The number of carbonyl (C=O) groups is 1. The molecule has 0 radical (unpaired) electrons. The van der Waals surface area contributed by atoms with Crippen molar-refractivity contribution in [1.29, 1.82) is 0 Å². The van der Waals surface area contributed by atoms with Crippen LogP contribution >= 0.6 is 0 Å². The average molecular weight is 194 g/mol. The van der Waals surface area contributed by atoms with E-state index in [0.29, 0.717) is 12.4 Å². The predicted octanol–water partition coefficient (Wildman–Crippen LogP) is 0.0877. The van der Waals surface area contributed by atoms with Crippen molar-refractivity contribution in [3.05, 3.63) is 12.3 Å². The van der Waals surface area contributed by atoms with Crippen molar-refractivity contribution >= 4 is 11.7 Å². The van der Waals surface area contributed by atoms with Gasteiger partial charge in [0.05, 0.1) is 0 Å². The molecule has 0 aliphatic carbocycles.